The fourth-order valence-electron chi connectivity index (χ4n) is 3.90. The van der Waals surface area contributed by atoms with Crippen molar-refractivity contribution in [2.75, 3.05) is 13.7 Å². The highest BCUT2D eigenvalue weighted by molar-refractivity contribution is 6.46. The third-order valence-corrected chi connectivity index (χ3v) is 5.47. The Hall–Kier alpha value is -4.27. The molecule has 2 heterocycles. The Balaban J connectivity index is 1.89. The number of benzene rings is 2. The summed E-state index contributed by atoms with van der Waals surface area (Å²) >= 11 is 0. The van der Waals surface area contributed by atoms with Crippen LogP contribution in [0.1, 0.15) is 29.9 Å². The summed E-state index contributed by atoms with van der Waals surface area (Å²) in [6.07, 6.45) is 1.44. The van der Waals surface area contributed by atoms with Gasteiger partial charge in [0.15, 0.2) is 23.1 Å². The number of carbonyl (C=O) groups excluding carboxylic acids is 2. The number of rotatable bonds is 7. The zero-order valence-electron chi connectivity index (χ0n) is 18.4. The van der Waals surface area contributed by atoms with Crippen molar-refractivity contribution >= 4 is 17.4 Å². The fourth-order valence-corrected chi connectivity index (χ4v) is 3.90. The number of Topliss-reactive ketones (excluding diaryl/α,β-unsaturated/α-hetero) is 1. The molecule has 1 aliphatic heterocycles. The topological polar surface area (TPSA) is 109 Å². The molecule has 2 aromatic carbocycles. The number of methoxy groups -OCH3 is 1. The third kappa shape index (κ3) is 4.07. The van der Waals surface area contributed by atoms with Gasteiger partial charge < -0.3 is 29.0 Å². The first-order valence-electron chi connectivity index (χ1n) is 10.5. The molecule has 8 nitrogen and oxygen atoms in total. The fraction of sp³-hybridized carbons (Fsp3) is 0.200. The van der Waals surface area contributed by atoms with Gasteiger partial charge in [0, 0.05) is 5.56 Å². The summed E-state index contributed by atoms with van der Waals surface area (Å²) in [4.78, 5) is 27.4. The van der Waals surface area contributed by atoms with Crippen LogP contribution in [0, 0.1) is 5.82 Å². The van der Waals surface area contributed by atoms with E-state index in [-0.39, 0.29) is 41.5 Å². The quantitative estimate of drug-likeness (QED) is 0.305. The van der Waals surface area contributed by atoms with Crippen molar-refractivity contribution in [1.82, 2.24) is 4.90 Å². The highest BCUT2D eigenvalue weighted by atomic mass is 19.1. The van der Waals surface area contributed by atoms with Gasteiger partial charge in [-0.25, -0.2) is 4.39 Å². The standard InChI is InChI=1S/C25H22FNO7/c1-3-33-20-12-14(6-8-18(20)28)22-21(23(29)15-7-9-19(32-2)17(26)11-15)24(30)25(31)27(22)13-16-5-4-10-34-16/h4-12,22,28-29H,3,13H2,1-2H3/b23-21+. The maximum Gasteiger partial charge on any atom is 0.296 e. The number of amides is 1. The predicted octanol–water partition coefficient (Wildman–Crippen LogP) is 4.15. The largest absolute Gasteiger partial charge is 0.507 e. The van der Waals surface area contributed by atoms with Gasteiger partial charge in [-0.15, -0.1) is 0 Å². The normalized spacial score (nSPS) is 17.3. The number of aromatic hydroxyl groups is 1. The van der Waals surface area contributed by atoms with E-state index < -0.39 is 29.3 Å². The molecule has 0 radical (unpaired) electrons. The molecule has 1 fully saturated rings. The number of halogens is 1. The lowest BCUT2D eigenvalue weighted by Gasteiger charge is -2.25. The van der Waals surface area contributed by atoms with Crippen molar-refractivity contribution in [2.45, 2.75) is 19.5 Å². The van der Waals surface area contributed by atoms with Gasteiger partial charge in [-0.2, -0.15) is 0 Å². The van der Waals surface area contributed by atoms with Crippen LogP contribution in [0.4, 0.5) is 4.39 Å². The average molecular weight is 467 g/mol. The van der Waals surface area contributed by atoms with Crippen LogP contribution < -0.4 is 9.47 Å². The van der Waals surface area contributed by atoms with Crippen molar-refractivity contribution < 1.29 is 38.1 Å². The number of aliphatic hydroxyl groups excluding tert-OH is 1. The van der Waals surface area contributed by atoms with Gasteiger partial charge in [-0.05, 0) is 55.0 Å². The van der Waals surface area contributed by atoms with Gasteiger partial charge in [0.1, 0.15) is 11.5 Å². The molecule has 9 heteroatoms. The summed E-state index contributed by atoms with van der Waals surface area (Å²) in [5.41, 5.74) is 0.180. The first-order valence-corrected chi connectivity index (χ1v) is 10.5. The number of carbonyl (C=O) groups is 2. The Kier molecular flexibility index (Phi) is 6.27. The second kappa shape index (κ2) is 9.30. The molecule has 176 valence electrons. The molecule has 1 aliphatic rings. The number of hydrogen-bond acceptors (Lipinski definition) is 7. The van der Waals surface area contributed by atoms with Crippen LogP contribution >= 0.6 is 0 Å². The van der Waals surface area contributed by atoms with Crippen LogP contribution in [0.5, 0.6) is 17.2 Å². The lowest BCUT2D eigenvalue weighted by molar-refractivity contribution is -0.140. The van der Waals surface area contributed by atoms with E-state index in [1.165, 1.54) is 48.6 Å². The predicted molar refractivity (Wildman–Crippen MR) is 119 cm³/mol. The van der Waals surface area contributed by atoms with Crippen LogP contribution in [0.3, 0.4) is 0 Å². The maximum atomic E-state index is 14.3. The maximum absolute atomic E-state index is 14.3. The molecular weight excluding hydrogens is 445 g/mol. The first kappa shape index (κ1) is 22.9. The molecule has 3 aromatic rings. The van der Waals surface area contributed by atoms with Crippen LogP contribution in [0.25, 0.3) is 5.76 Å². The van der Waals surface area contributed by atoms with E-state index in [4.69, 9.17) is 13.9 Å². The zero-order valence-corrected chi connectivity index (χ0v) is 18.4. The molecule has 2 N–H and O–H groups in total. The van der Waals surface area contributed by atoms with Crippen molar-refractivity contribution in [3.63, 3.8) is 0 Å². The SMILES string of the molecule is CCOc1cc(C2/C(=C(\O)c3ccc(OC)c(F)c3)C(=O)C(=O)N2Cc2ccco2)ccc1O. The Bertz CT molecular complexity index is 1270. The molecule has 34 heavy (non-hydrogen) atoms. The minimum absolute atomic E-state index is 0.00288. The number of ketones is 1. The minimum Gasteiger partial charge on any atom is -0.507 e. The summed E-state index contributed by atoms with van der Waals surface area (Å²) < 4.78 is 30.0. The van der Waals surface area contributed by atoms with Gasteiger partial charge in [0.25, 0.3) is 11.7 Å². The summed E-state index contributed by atoms with van der Waals surface area (Å²) in [6, 6.07) is 10.4. The van der Waals surface area contributed by atoms with E-state index >= 15 is 0 Å². The minimum atomic E-state index is -1.05. The van der Waals surface area contributed by atoms with Gasteiger partial charge in [-0.3, -0.25) is 9.59 Å². The lowest BCUT2D eigenvalue weighted by atomic mass is 9.95. The molecular formula is C25H22FNO7. The zero-order chi connectivity index (χ0) is 24.4. The second-order valence-corrected chi connectivity index (χ2v) is 7.52. The van der Waals surface area contributed by atoms with E-state index in [1.54, 1.807) is 19.1 Å². The molecule has 4 rings (SSSR count). The van der Waals surface area contributed by atoms with Crippen molar-refractivity contribution in [3.05, 3.63) is 83.1 Å². The van der Waals surface area contributed by atoms with E-state index in [1.807, 2.05) is 0 Å². The number of ether oxygens (including phenoxy) is 2. The molecule has 1 unspecified atom stereocenters. The van der Waals surface area contributed by atoms with Crippen LogP contribution in [0.2, 0.25) is 0 Å². The number of phenolic OH excluding ortho intramolecular Hbond substituents is 1. The summed E-state index contributed by atoms with van der Waals surface area (Å²) in [5.74, 6) is -2.66. The number of phenols is 1. The smallest absolute Gasteiger partial charge is 0.296 e. The Labute approximate surface area is 194 Å². The highest BCUT2D eigenvalue weighted by Gasteiger charge is 2.46. The monoisotopic (exact) mass is 467 g/mol. The van der Waals surface area contributed by atoms with E-state index in [2.05, 4.69) is 0 Å². The van der Waals surface area contributed by atoms with Crippen molar-refractivity contribution in [3.8, 4) is 17.2 Å². The van der Waals surface area contributed by atoms with Gasteiger partial charge in [0.05, 0.1) is 38.1 Å². The van der Waals surface area contributed by atoms with E-state index in [0.717, 1.165) is 6.07 Å². The highest BCUT2D eigenvalue weighted by Crippen LogP contribution is 2.42. The average Bonchev–Trinajstić information content (AvgIpc) is 3.42. The summed E-state index contributed by atoms with van der Waals surface area (Å²) in [5, 5.41) is 21.2. The molecule has 1 saturated heterocycles. The van der Waals surface area contributed by atoms with Crippen LogP contribution in [-0.4, -0.2) is 40.5 Å². The van der Waals surface area contributed by atoms with Crippen molar-refractivity contribution in [1.29, 1.82) is 0 Å². The Morgan fingerprint density at radius 2 is 1.94 bits per heavy atom. The third-order valence-electron chi connectivity index (χ3n) is 5.47. The Morgan fingerprint density at radius 1 is 1.15 bits per heavy atom. The molecule has 1 aromatic heterocycles. The van der Waals surface area contributed by atoms with Gasteiger partial charge >= 0.3 is 0 Å². The number of furan rings is 1. The Morgan fingerprint density at radius 3 is 2.59 bits per heavy atom. The molecule has 0 bridgehead atoms. The molecule has 0 aliphatic carbocycles. The summed E-state index contributed by atoms with van der Waals surface area (Å²) in [6.45, 7) is 1.96. The van der Waals surface area contributed by atoms with Gasteiger partial charge in [-0.1, -0.05) is 6.07 Å². The second-order valence-electron chi connectivity index (χ2n) is 7.52. The van der Waals surface area contributed by atoms with Crippen LogP contribution in [0.15, 0.2) is 64.8 Å². The molecule has 0 spiro atoms. The molecule has 1 amide bonds. The van der Waals surface area contributed by atoms with E-state index in [9.17, 15) is 24.2 Å². The molecule has 1 atom stereocenters. The molecule has 0 saturated carbocycles. The van der Waals surface area contributed by atoms with Crippen LogP contribution in [-0.2, 0) is 16.1 Å². The van der Waals surface area contributed by atoms with Gasteiger partial charge in [0.2, 0.25) is 0 Å². The first-order chi connectivity index (χ1) is 16.3. The van der Waals surface area contributed by atoms with Crippen molar-refractivity contribution in [2.24, 2.45) is 0 Å². The number of aliphatic hydroxyl groups is 1. The summed E-state index contributed by atoms with van der Waals surface area (Å²) in [7, 11) is 1.30. The number of hydrogen-bond donors (Lipinski definition) is 2. The van der Waals surface area contributed by atoms with E-state index in [0.29, 0.717) is 11.3 Å². The lowest BCUT2D eigenvalue weighted by Crippen LogP contribution is -2.29. The number of likely N-dealkylation sites (tertiary alicyclic amines) is 1. The number of nitrogens with zero attached hydrogens (tertiary/aromatic N) is 1.